The summed E-state index contributed by atoms with van der Waals surface area (Å²) in [6.45, 7) is 19.8. The van der Waals surface area contributed by atoms with Crippen molar-refractivity contribution in [3.63, 3.8) is 0 Å². The number of fused-ring (bicyclic) bond motifs is 1. The Morgan fingerprint density at radius 3 is 1.73 bits per heavy atom. The molecule has 0 saturated heterocycles. The van der Waals surface area contributed by atoms with Gasteiger partial charge < -0.3 is 5.11 Å². The van der Waals surface area contributed by atoms with Crippen molar-refractivity contribution < 1.29 is 26.2 Å². The van der Waals surface area contributed by atoms with Crippen molar-refractivity contribution in [3.05, 3.63) is 168 Å². The molecule has 300 valence electrons. The van der Waals surface area contributed by atoms with Gasteiger partial charge in [-0.3, -0.25) is 9.55 Å². The zero-order valence-corrected chi connectivity index (χ0v) is 37.7. The van der Waals surface area contributed by atoms with Gasteiger partial charge in [-0.2, -0.15) is 0 Å². The van der Waals surface area contributed by atoms with E-state index in [4.69, 9.17) is 9.97 Å². The Bertz CT molecular complexity index is 2760. The maximum absolute atomic E-state index is 12.1. The van der Waals surface area contributed by atoms with Gasteiger partial charge in [-0.05, 0) is 74.4 Å². The summed E-state index contributed by atoms with van der Waals surface area (Å²) < 4.78 is 2.19. The first-order valence-corrected chi connectivity index (χ1v) is 20.2. The summed E-state index contributed by atoms with van der Waals surface area (Å²) in [5.41, 5.74) is 14.5. The van der Waals surface area contributed by atoms with Gasteiger partial charge in [-0.1, -0.05) is 171 Å². The van der Waals surface area contributed by atoms with Crippen LogP contribution in [0.4, 0.5) is 0 Å². The van der Waals surface area contributed by atoms with Gasteiger partial charge in [0, 0.05) is 44.2 Å². The van der Waals surface area contributed by atoms with Gasteiger partial charge in [0.2, 0.25) is 0 Å². The molecule has 0 unspecified atom stereocenters. The molecule has 0 saturated carbocycles. The average molecular weight is 954 g/mol. The molecule has 59 heavy (non-hydrogen) atoms. The predicted molar refractivity (Wildman–Crippen MR) is 243 cm³/mol. The number of nitrogens with zero attached hydrogens (tertiary/aromatic N) is 3. The maximum atomic E-state index is 12.1. The monoisotopic (exact) mass is 953 g/mol. The van der Waals surface area contributed by atoms with Crippen LogP contribution in [0, 0.1) is 6.07 Å². The average Bonchev–Trinajstić information content (AvgIpc) is 3.60. The van der Waals surface area contributed by atoms with Gasteiger partial charge in [0.05, 0.1) is 16.6 Å². The van der Waals surface area contributed by atoms with E-state index in [1.54, 1.807) is 0 Å². The fourth-order valence-electron chi connectivity index (χ4n) is 7.67. The molecule has 0 amide bonds. The molecule has 5 heteroatoms. The van der Waals surface area contributed by atoms with Crippen LogP contribution in [0.5, 0.6) is 5.75 Å². The van der Waals surface area contributed by atoms with E-state index >= 15 is 0 Å². The number of hydrogen-bond donors (Lipinski definition) is 1. The Balaban J connectivity index is 0.00000528. The summed E-state index contributed by atoms with van der Waals surface area (Å²) in [5, 5.41) is 12.1. The molecule has 0 aliphatic rings. The third-order valence-electron chi connectivity index (χ3n) is 11.1. The van der Waals surface area contributed by atoms with E-state index < -0.39 is 0 Å². The molecule has 4 nitrogen and oxygen atoms in total. The van der Waals surface area contributed by atoms with Crippen molar-refractivity contribution in [2.24, 2.45) is 0 Å². The first-order valence-electron chi connectivity index (χ1n) is 20.2. The molecule has 2 heterocycles. The maximum Gasteiger partial charge on any atom is 0.148 e. The smallest absolute Gasteiger partial charge is 0.148 e. The summed E-state index contributed by atoms with van der Waals surface area (Å²) in [7, 11) is 0. The van der Waals surface area contributed by atoms with E-state index in [-0.39, 0.29) is 43.1 Å². The number of aromatic nitrogens is 3. The number of hydrogen-bond acceptors (Lipinski definition) is 3. The molecule has 0 fully saturated rings. The second-order valence-corrected chi connectivity index (χ2v) is 18.5. The van der Waals surface area contributed by atoms with E-state index in [9.17, 15) is 5.11 Å². The summed E-state index contributed by atoms with van der Waals surface area (Å²) >= 11 is 0. The summed E-state index contributed by atoms with van der Waals surface area (Å²) in [6, 6.07) is 52.7. The first kappa shape index (κ1) is 41.6. The number of phenolic OH excluding ortho intramolecular Hbond substituents is 1. The Morgan fingerprint density at radius 1 is 0.525 bits per heavy atom. The number of pyridine rings is 1. The molecule has 0 atom stereocenters. The Morgan fingerprint density at radius 2 is 1.10 bits per heavy atom. The third-order valence-corrected chi connectivity index (χ3v) is 11.1. The van der Waals surface area contributed by atoms with Gasteiger partial charge in [-0.15, -0.1) is 29.3 Å². The van der Waals surface area contributed by atoms with E-state index in [2.05, 4.69) is 188 Å². The van der Waals surface area contributed by atoms with Crippen LogP contribution in [0.15, 0.2) is 146 Å². The minimum Gasteiger partial charge on any atom is -0.507 e. The molecule has 8 rings (SSSR count). The standard InChI is InChI=1S/C54H52N3O.Pt/c1-52(2,3)41-30-39(29-40(31-41)47-32-38(27-28-55-47)37-25-23-36(24-26-37)35-17-12-10-13-18-35)44-21-16-22-48-49(44)56-51(57(48)43-19-14-11-15-20-43)45-33-42(53(4,5)6)34-46(50(45)58)54(7,8)9;/h10-28,30-34,58H,1-9H3;/q-1;. The van der Waals surface area contributed by atoms with Crippen LogP contribution < -0.4 is 0 Å². The van der Waals surface area contributed by atoms with Crippen LogP contribution in [0.2, 0.25) is 0 Å². The zero-order valence-electron chi connectivity index (χ0n) is 35.5. The third kappa shape index (κ3) is 8.34. The summed E-state index contributed by atoms with van der Waals surface area (Å²) in [5.74, 6) is 0.960. The zero-order chi connectivity index (χ0) is 41.0. The molecule has 2 aromatic heterocycles. The molecule has 0 spiro atoms. The van der Waals surface area contributed by atoms with Crippen LogP contribution in [-0.2, 0) is 37.3 Å². The van der Waals surface area contributed by atoms with Gasteiger partial charge in [0.25, 0.3) is 0 Å². The quantitative estimate of drug-likeness (QED) is 0.169. The molecule has 0 aliphatic heterocycles. The second kappa shape index (κ2) is 15.9. The molecule has 8 aromatic rings. The van der Waals surface area contributed by atoms with Crippen molar-refractivity contribution in [1.82, 2.24) is 14.5 Å². The summed E-state index contributed by atoms with van der Waals surface area (Å²) in [6.07, 6.45) is 1.89. The van der Waals surface area contributed by atoms with Crippen LogP contribution >= 0.6 is 0 Å². The predicted octanol–water partition coefficient (Wildman–Crippen LogP) is 14.2. The normalized spacial score (nSPS) is 12.1. The van der Waals surface area contributed by atoms with Crippen molar-refractivity contribution in [1.29, 1.82) is 0 Å². The van der Waals surface area contributed by atoms with Gasteiger partial charge in [0.1, 0.15) is 11.6 Å². The van der Waals surface area contributed by atoms with Crippen molar-refractivity contribution in [2.45, 2.75) is 78.6 Å². The van der Waals surface area contributed by atoms with Gasteiger partial charge in [0.15, 0.2) is 0 Å². The molecule has 0 radical (unpaired) electrons. The topological polar surface area (TPSA) is 50.9 Å². The van der Waals surface area contributed by atoms with Crippen LogP contribution in [-0.4, -0.2) is 19.6 Å². The van der Waals surface area contributed by atoms with E-state index in [1.165, 1.54) is 16.7 Å². The SMILES string of the molecule is CC(C)(C)c1cc(-c2cc(-c3ccc(-c4ccccc4)cc3)ccn2)[c-]c(-c2cccc3c2nc(-c2cc(C(C)(C)C)cc(C(C)(C)C)c2O)n3-c2ccccc2)c1.[Pt]. The van der Waals surface area contributed by atoms with E-state index in [0.29, 0.717) is 11.4 Å². The molecular formula is C54H52N3OPt-. The fourth-order valence-corrected chi connectivity index (χ4v) is 7.67. The van der Waals surface area contributed by atoms with E-state index in [0.717, 1.165) is 61.4 Å². The molecule has 0 bridgehead atoms. The number of aromatic hydroxyl groups is 1. The van der Waals surface area contributed by atoms with Gasteiger partial charge >= 0.3 is 0 Å². The van der Waals surface area contributed by atoms with Crippen LogP contribution in [0.3, 0.4) is 0 Å². The Labute approximate surface area is 364 Å². The Hall–Kier alpha value is -5.57. The Kier molecular flexibility index (Phi) is 11.2. The van der Waals surface area contributed by atoms with Crippen molar-refractivity contribution in [2.75, 3.05) is 0 Å². The minimum absolute atomic E-state index is 0. The number of phenols is 1. The largest absolute Gasteiger partial charge is 0.507 e. The number of imidazole rings is 1. The molecular weight excluding hydrogens is 902 g/mol. The second-order valence-electron chi connectivity index (χ2n) is 18.5. The fraction of sp³-hybridized carbons (Fsp3) is 0.222. The molecule has 0 aliphatic carbocycles. The minimum atomic E-state index is -0.287. The number of para-hydroxylation sites is 2. The molecule has 6 aromatic carbocycles. The van der Waals surface area contributed by atoms with Crippen molar-refractivity contribution in [3.8, 4) is 67.5 Å². The molecule has 1 N–H and O–H groups in total. The van der Waals surface area contributed by atoms with Gasteiger partial charge in [-0.25, -0.2) is 4.98 Å². The van der Waals surface area contributed by atoms with E-state index in [1.807, 2.05) is 30.5 Å². The number of benzene rings is 6. The van der Waals surface area contributed by atoms with Crippen molar-refractivity contribution >= 4 is 11.0 Å². The summed E-state index contributed by atoms with van der Waals surface area (Å²) in [4.78, 5) is 10.4. The van der Waals surface area contributed by atoms with Crippen LogP contribution in [0.1, 0.15) is 79.0 Å². The number of rotatable bonds is 6. The van der Waals surface area contributed by atoms with Crippen LogP contribution in [0.25, 0.3) is 72.7 Å². The first-order chi connectivity index (χ1) is 27.6.